The average molecular weight is 496 g/mol. The smallest absolute Gasteiger partial charge is 0.274 e. The molecule has 2 fully saturated rings. The van der Waals surface area contributed by atoms with E-state index in [0.717, 1.165) is 56.0 Å². The van der Waals surface area contributed by atoms with Gasteiger partial charge in [-0.15, -0.1) is 0 Å². The van der Waals surface area contributed by atoms with E-state index >= 15 is 0 Å². The summed E-state index contributed by atoms with van der Waals surface area (Å²) in [4.78, 5) is 30.2. The molecule has 0 unspecified atom stereocenters. The maximum absolute atomic E-state index is 12.3. The lowest BCUT2D eigenvalue weighted by Gasteiger charge is -2.34. The minimum Gasteiger partial charge on any atom is -0.338 e. The predicted octanol–water partition coefficient (Wildman–Crippen LogP) is 3.79. The Kier molecular flexibility index (Phi) is 6.47. The molecule has 0 atom stereocenters. The topological polar surface area (TPSA) is 115 Å². The van der Waals surface area contributed by atoms with Crippen molar-refractivity contribution in [3.63, 3.8) is 0 Å². The number of hydrogen-bond donors (Lipinski definition) is 3. The second kappa shape index (κ2) is 10.4. The van der Waals surface area contributed by atoms with Crippen LogP contribution in [0.15, 0.2) is 67.0 Å². The van der Waals surface area contributed by atoms with Gasteiger partial charge in [0.1, 0.15) is 11.5 Å². The first-order valence-electron chi connectivity index (χ1n) is 12.6. The molecule has 0 radical (unpaired) electrons. The summed E-state index contributed by atoms with van der Waals surface area (Å²) in [6.07, 6.45) is 5.88. The molecule has 4 aromatic rings. The summed E-state index contributed by atoms with van der Waals surface area (Å²) < 4.78 is 0. The SMILES string of the molecule is O=C(Nc1ccc(CN2CCN(c3nccc(Nc4cc(C5CC5)[nH]n4)n3)CC2)cc1)c1ccccn1. The molecular weight excluding hydrogens is 466 g/mol. The van der Waals surface area contributed by atoms with Crippen LogP contribution in [0, 0.1) is 0 Å². The highest BCUT2D eigenvalue weighted by Gasteiger charge is 2.25. The zero-order valence-corrected chi connectivity index (χ0v) is 20.5. The molecule has 1 saturated carbocycles. The Bertz CT molecular complexity index is 1340. The summed E-state index contributed by atoms with van der Waals surface area (Å²) in [5.41, 5.74) is 3.56. The molecule has 1 saturated heterocycles. The highest BCUT2D eigenvalue weighted by atomic mass is 16.1. The van der Waals surface area contributed by atoms with Crippen molar-refractivity contribution in [3.05, 3.63) is 83.9 Å². The van der Waals surface area contributed by atoms with Crippen molar-refractivity contribution in [2.75, 3.05) is 41.7 Å². The van der Waals surface area contributed by atoms with Gasteiger partial charge in [0.15, 0.2) is 5.82 Å². The number of aromatic amines is 1. The monoisotopic (exact) mass is 495 g/mol. The van der Waals surface area contributed by atoms with Gasteiger partial charge in [0.25, 0.3) is 5.91 Å². The number of H-pyrrole nitrogens is 1. The van der Waals surface area contributed by atoms with Crippen molar-refractivity contribution in [2.45, 2.75) is 25.3 Å². The lowest BCUT2D eigenvalue weighted by Crippen LogP contribution is -2.46. The fourth-order valence-electron chi connectivity index (χ4n) is 4.46. The molecule has 1 aliphatic heterocycles. The quantitative estimate of drug-likeness (QED) is 0.338. The summed E-state index contributed by atoms with van der Waals surface area (Å²) >= 11 is 0. The van der Waals surface area contributed by atoms with E-state index in [2.05, 4.69) is 58.8 Å². The highest BCUT2D eigenvalue weighted by molar-refractivity contribution is 6.02. The first kappa shape index (κ1) is 23.1. The van der Waals surface area contributed by atoms with Crippen molar-refractivity contribution in [1.29, 1.82) is 0 Å². The number of benzene rings is 1. The second-order valence-electron chi connectivity index (χ2n) is 9.48. The van der Waals surface area contributed by atoms with Gasteiger partial charge in [-0.3, -0.25) is 19.8 Å². The number of rotatable bonds is 8. The van der Waals surface area contributed by atoms with Gasteiger partial charge in [0.05, 0.1) is 0 Å². The van der Waals surface area contributed by atoms with E-state index in [1.54, 1.807) is 30.6 Å². The van der Waals surface area contributed by atoms with Crippen LogP contribution in [0.5, 0.6) is 0 Å². The molecule has 0 bridgehead atoms. The van der Waals surface area contributed by atoms with Crippen molar-refractivity contribution in [2.24, 2.45) is 0 Å². The highest BCUT2D eigenvalue weighted by Crippen LogP contribution is 2.39. The van der Waals surface area contributed by atoms with E-state index in [9.17, 15) is 4.79 Å². The van der Waals surface area contributed by atoms with E-state index in [4.69, 9.17) is 4.98 Å². The van der Waals surface area contributed by atoms with Gasteiger partial charge < -0.3 is 15.5 Å². The van der Waals surface area contributed by atoms with Gasteiger partial charge in [-0.2, -0.15) is 10.1 Å². The number of anilines is 4. The maximum Gasteiger partial charge on any atom is 0.274 e. The standard InChI is InChI=1S/C27H29N9O/c37-26(22-3-1-2-11-28-22)30-21-8-4-19(5-9-21)18-35-13-15-36(16-14-35)27-29-12-10-24(32-27)31-25-17-23(33-34-25)20-6-7-20/h1-5,8-12,17,20H,6-7,13-16,18H2,(H,30,37)(H2,29,31,32,33,34). The number of carbonyl (C=O) groups excluding carboxylic acids is 1. The fraction of sp³-hybridized carbons (Fsp3) is 0.296. The Morgan fingerprint density at radius 3 is 2.54 bits per heavy atom. The molecule has 6 rings (SSSR count). The number of aromatic nitrogens is 5. The second-order valence-corrected chi connectivity index (χ2v) is 9.48. The molecule has 4 heterocycles. The largest absolute Gasteiger partial charge is 0.338 e. The Morgan fingerprint density at radius 1 is 0.946 bits per heavy atom. The minimum atomic E-state index is -0.210. The third-order valence-electron chi connectivity index (χ3n) is 6.68. The van der Waals surface area contributed by atoms with Crippen molar-refractivity contribution < 1.29 is 4.79 Å². The zero-order valence-electron chi connectivity index (χ0n) is 20.5. The van der Waals surface area contributed by atoms with Crippen molar-refractivity contribution >= 4 is 29.2 Å². The lowest BCUT2D eigenvalue weighted by atomic mass is 10.1. The van der Waals surface area contributed by atoms with Gasteiger partial charge in [0.2, 0.25) is 5.95 Å². The summed E-state index contributed by atoms with van der Waals surface area (Å²) in [6.45, 7) is 4.41. The Hall–Kier alpha value is -4.31. The van der Waals surface area contributed by atoms with Gasteiger partial charge in [0, 0.05) is 68.5 Å². The molecule has 0 spiro atoms. The molecule has 1 aliphatic carbocycles. The lowest BCUT2D eigenvalue weighted by molar-refractivity contribution is 0.102. The summed E-state index contributed by atoms with van der Waals surface area (Å²) in [6, 6.07) is 17.2. The number of nitrogens with one attached hydrogen (secondary N) is 3. The molecule has 10 heteroatoms. The number of hydrogen-bond acceptors (Lipinski definition) is 8. The molecule has 2 aliphatic rings. The van der Waals surface area contributed by atoms with Crippen LogP contribution in [0.25, 0.3) is 0 Å². The third-order valence-corrected chi connectivity index (χ3v) is 6.68. The maximum atomic E-state index is 12.3. The Labute approximate surface area is 215 Å². The summed E-state index contributed by atoms with van der Waals surface area (Å²) in [5, 5.41) is 13.7. The van der Waals surface area contributed by atoms with Crippen molar-refractivity contribution in [3.8, 4) is 0 Å². The zero-order chi connectivity index (χ0) is 25.0. The number of nitrogens with zero attached hydrogens (tertiary/aromatic N) is 6. The molecule has 1 aromatic carbocycles. The van der Waals surface area contributed by atoms with Crippen LogP contribution in [-0.2, 0) is 6.54 Å². The van der Waals surface area contributed by atoms with E-state index in [-0.39, 0.29) is 5.91 Å². The third kappa shape index (κ3) is 5.75. The first-order chi connectivity index (χ1) is 18.2. The van der Waals surface area contributed by atoms with Crippen LogP contribution < -0.4 is 15.5 Å². The number of carbonyl (C=O) groups is 1. The number of amides is 1. The van der Waals surface area contributed by atoms with E-state index in [0.29, 0.717) is 11.6 Å². The van der Waals surface area contributed by atoms with Crippen LogP contribution >= 0.6 is 0 Å². The van der Waals surface area contributed by atoms with Crippen LogP contribution in [0.1, 0.15) is 40.5 Å². The molecular formula is C27H29N9O. The minimum absolute atomic E-state index is 0.210. The number of piperazine rings is 1. The summed E-state index contributed by atoms with van der Waals surface area (Å²) in [5.74, 6) is 2.69. The molecule has 10 nitrogen and oxygen atoms in total. The predicted molar refractivity (Wildman–Crippen MR) is 142 cm³/mol. The van der Waals surface area contributed by atoms with Crippen LogP contribution in [0.4, 0.5) is 23.3 Å². The van der Waals surface area contributed by atoms with Crippen molar-refractivity contribution in [1.82, 2.24) is 30.0 Å². The molecule has 3 aromatic heterocycles. The molecule has 3 N–H and O–H groups in total. The molecule has 1 amide bonds. The van der Waals surface area contributed by atoms with E-state index in [1.807, 2.05) is 18.2 Å². The van der Waals surface area contributed by atoms with Gasteiger partial charge >= 0.3 is 0 Å². The Morgan fingerprint density at radius 2 is 1.78 bits per heavy atom. The van der Waals surface area contributed by atoms with E-state index in [1.165, 1.54) is 24.1 Å². The molecule has 188 valence electrons. The van der Waals surface area contributed by atoms with E-state index < -0.39 is 0 Å². The average Bonchev–Trinajstić information content (AvgIpc) is 3.69. The van der Waals surface area contributed by atoms with Gasteiger partial charge in [-0.25, -0.2) is 4.98 Å². The normalized spacial score (nSPS) is 15.9. The van der Waals surface area contributed by atoms with Crippen LogP contribution in [0.3, 0.4) is 0 Å². The van der Waals surface area contributed by atoms with Gasteiger partial charge in [-0.1, -0.05) is 18.2 Å². The molecule has 37 heavy (non-hydrogen) atoms. The first-order valence-corrected chi connectivity index (χ1v) is 12.6. The van der Waals surface area contributed by atoms with Crippen LogP contribution in [0.2, 0.25) is 0 Å². The van der Waals surface area contributed by atoms with Crippen LogP contribution in [-0.4, -0.2) is 62.1 Å². The fourth-order valence-corrected chi connectivity index (χ4v) is 4.46. The Balaban J connectivity index is 0.997. The van der Waals surface area contributed by atoms with Gasteiger partial charge in [-0.05, 0) is 48.7 Å². The summed E-state index contributed by atoms with van der Waals surface area (Å²) in [7, 11) is 0. The number of pyridine rings is 1.